The molecule has 0 unspecified atom stereocenters. The first-order chi connectivity index (χ1) is 7.86. The van der Waals surface area contributed by atoms with Crippen LogP contribution in [0.5, 0.6) is 0 Å². The summed E-state index contributed by atoms with van der Waals surface area (Å²) in [7, 11) is 0. The third kappa shape index (κ3) is 5.47. The standard InChI is InChI=1S/C14H24O2/c1-3-5-11-15-13-7-9-14(10-8-13)16-12-6-4-2/h3-6,13-14H,7-12H2,1-2H3/b5-3+,6-4+. The van der Waals surface area contributed by atoms with Crippen LogP contribution in [0.4, 0.5) is 0 Å². The molecular formula is C14H24O2. The van der Waals surface area contributed by atoms with E-state index < -0.39 is 0 Å². The van der Waals surface area contributed by atoms with Gasteiger partial charge in [0.1, 0.15) is 0 Å². The highest BCUT2D eigenvalue weighted by Gasteiger charge is 2.21. The van der Waals surface area contributed by atoms with Gasteiger partial charge in [-0.05, 0) is 39.5 Å². The Morgan fingerprint density at radius 3 is 1.50 bits per heavy atom. The number of rotatable bonds is 6. The van der Waals surface area contributed by atoms with Gasteiger partial charge in [0.2, 0.25) is 0 Å². The maximum absolute atomic E-state index is 5.74. The normalized spacial score (nSPS) is 26.9. The topological polar surface area (TPSA) is 18.5 Å². The zero-order valence-electron chi connectivity index (χ0n) is 10.5. The summed E-state index contributed by atoms with van der Waals surface area (Å²) >= 11 is 0. The van der Waals surface area contributed by atoms with E-state index in [-0.39, 0.29) is 0 Å². The molecule has 0 aromatic rings. The molecule has 1 aliphatic rings. The van der Waals surface area contributed by atoms with Gasteiger partial charge in [0.15, 0.2) is 0 Å². The molecule has 0 radical (unpaired) electrons. The lowest BCUT2D eigenvalue weighted by molar-refractivity contribution is -0.0163. The van der Waals surface area contributed by atoms with Gasteiger partial charge in [-0.2, -0.15) is 0 Å². The van der Waals surface area contributed by atoms with Crippen LogP contribution in [0.1, 0.15) is 39.5 Å². The Kier molecular flexibility index (Phi) is 7.19. The van der Waals surface area contributed by atoms with Gasteiger partial charge in [-0.3, -0.25) is 0 Å². The molecule has 1 fully saturated rings. The molecule has 0 aromatic heterocycles. The zero-order chi connectivity index (χ0) is 11.6. The molecule has 0 aliphatic heterocycles. The average molecular weight is 224 g/mol. The lowest BCUT2D eigenvalue weighted by Crippen LogP contribution is -2.26. The summed E-state index contributed by atoms with van der Waals surface area (Å²) in [4.78, 5) is 0. The van der Waals surface area contributed by atoms with Gasteiger partial charge in [0.25, 0.3) is 0 Å². The first-order valence-electron chi connectivity index (χ1n) is 6.32. The van der Waals surface area contributed by atoms with E-state index in [0.717, 1.165) is 38.9 Å². The maximum atomic E-state index is 5.74. The van der Waals surface area contributed by atoms with E-state index in [9.17, 15) is 0 Å². The van der Waals surface area contributed by atoms with Crippen molar-refractivity contribution in [2.75, 3.05) is 13.2 Å². The molecule has 1 rings (SSSR count). The quantitative estimate of drug-likeness (QED) is 0.643. The average Bonchev–Trinajstić information content (AvgIpc) is 2.32. The molecule has 1 aliphatic carbocycles. The van der Waals surface area contributed by atoms with E-state index in [1.54, 1.807) is 0 Å². The third-order valence-corrected chi connectivity index (χ3v) is 2.95. The molecule has 0 saturated heterocycles. The fourth-order valence-corrected chi connectivity index (χ4v) is 1.94. The molecule has 16 heavy (non-hydrogen) atoms. The summed E-state index contributed by atoms with van der Waals surface area (Å²) in [5.74, 6) is 0. The molecule has 0 N–H and O–H groups in total. The number of hydrogen-bond acceptors (Lipinski definition) is 2. The molecule has 92 valence electrons. The van der Waals surface area contributed by atoms with Crippen molar-refractivity contribution < 1.29 is 9.47 Å². The monoisotopic (exact) mass is 224 g/mol. The molecule has 1 saturated carbocycles. The highest BCUT2D eigenvalue weighted by molar-refractivity contribution is 4.80. The van der Waals surface area contributed by atoms with Crippen LogP contribution >= 0.6 is 0 Å². The lowest BCUT2D eigenvalue weighted by Gasteiger charge is -2.28. The van der Waals surface area contributed by atoms with Crippen LogP contribution in [0.2, 0.25) is 0 Å². The van der Waals surface area contributed by atoms with Gasteiger partial charge >= 0.3 is 0 Å². The Morgan fingerprint density at radius 1 is 0.812 bits per heavy atom. The zero-order valence-corrected chi connectivity index (χ0v) is 10.5. The second-order valence-electron chi connectivity index (χ2n) is 4.20. The van der Waals surface area contributed by atoms with Crippen LogP contribution in [0.3, 0.4) is 0 Å². The third-order valence-electron chi connectivity index (χ3n) is 2.95. The summed E-state index contributed by atoms with van der Waals surface area (Å²) in [6, 6.07) is 0. The van der Waals surface area contributed by atoms with Crippen LogP contribution in [-0.2, 0) is 9.47 Å². The fraction of sp³-hybridized carbons (Fsp3) is 0.714. The number of allylic oxidation sites excluding steroid dienone is 2. The van der Waals surface area contributed by atoms with Crippen LogP contribution in [0, 0.1) is 0 Å². The molecule has 0 spiro atoms. The molecule has 2 heteroatoms. The number of ether oxygens (including phenoxy) is 2. The lowest BCUT2D eigenvalue weighted by atomic mass is 9.95. The highest BCUT2D eigenvalue weighted by Crippen LogP contribution is 2.23. The maximum Gasteiger partial charge on any atom is 0.0651 e. The minimum atomic E-state index is 0.442. The first kappa shape index (κ1) is 13.5. The molecule has 2 nitrogen and oxygen atoms in total. The van der Waals surface area contributed by atoms with Crippen molar-refractivity contribution in [3.05, 3.63) is 24.3 Å². The van der Waals surface area contributed by atoms with Crippen molar-refractivity contribution >= 4 is 0 Å². The second-order valence-corrected chi connectivity index (χ2v) is 4.20. The predicted octanol–water partition coefficient (Wildman–Crippen LogP) is 3.48. The minimum Gasteiger partial charge on any atom is -0.374 e. The van der Waals surface area contributed by atoms with Gasteiger partial charge in [-0.25, -0.2) is 0 Å². The van der Waals surface area contributed by atoms with Crippen LogP contribution in [0.15, 0.2) is 24.3 Å². The second kappa shape index (κ2) is 8.54. The summed E-state index contributed by atoms with van der Waals surface area (Å²) in [6.45, 7) is 5.56. The van der Waals surface area contributed by atoms with Gasteiger partial charge in [-0.15, -0.1) is 0 Å². The first-order valence-corrected chi connectivity index (χ1v) is 6.32. The van der Waals surface area contributed by atoms with Gasteiger partial charge in [-0.1, -0.05) is 24.3 Å². The SMILES string of the molecule is C/C=C/COC1CCC(OC/C=C/C)CC1. The van der Waals surface area contributed by atoms with Crippen molar-refractivity contribution in [3.63, 3.8) is 0 Å². The fourth-order valence-electron chi connectivity index (χ4n) is 1.94. The molecule has 0 heterocycles. The van der Waals surface area contributed by atoms with Crippen molar-refractivity contribution in [1.29, 1.82) is 0 Å². The Balaban J connectivity index is 2.08. The van der Waals surface area contributed by atoms with E-state index in [1.807, 2.05) is 26.0 Å². The van der Waals surface area contributed by atoms with E-state index in [2.05, 4.69) is 12.2 Å². The largest absolute Gasteiger partial charge is 0.374 e. The minimum absolute atomic E-state index is 0.442. The molecule has 0 atom stereocenters. The Labute approximate surface area is 99.3 Å². The Hall–Kier alpha value is -0.600. The highest BCUT2D eigenvalue weighted by atomic mass is 16.5. The number of hydrogen-bond donors (Lipinski definition) is 0. The Bertz CT molecular complexity index is 189. The van der Waals surface area contributed by atoms with Crippen molar-refractivity contribution in [2.45, 2.75) is 51.7 Å². The van der Waals surface area contributed by atoms with Crippen molar-refractivity contribution in [2.24, 2.45) is 0 Å². The van der Waals surface area contributed by atoms with E-state index in [4.69, 9.17) is 9.47 Å². The predicted molar refractivity (Wildman–Crippen MR) is 67.6 cm³/mol. The molecule has 0 amide bonds. The summed E-state index contributed by atoms with van der Waals surface area (Å²) in [5.41, 5.74) is 0. The van der Waals surface area contributed by atoms with Crippen molar-refractivity contribution in [1.82, 2.24) is 0 Å². The van der Waals surface area contributed by atoms with Crippen LogP contribution < -0.4 is 0 Å². The van der Waals surface area contributed by atoms with E-state index >= 15 is 0 Å². The smallest absolute Gasteiger partial charge is 0.0651 e. The van der Waals surface area contributed by atoms with Crippen LogP contribution in [-0.4, -0.2) is 25.4 Å². The summed E-state index contributed by atoms with van der Waals surface area (Å²) in [5, 5.41) is 0. The van der Waals surface area contributed by atoms with Gasteiger partial charge in [0, 0.05) is 0 Å². The van der Waals surface area contributed by atoms with E-state index in [0.29, 0.717) is 12.2 Å². The molecule has 0 aromatic carbocycles. The van der Waals surface area contributed by atoms with Crippen LogP contribution in [0.25, 0.3) is 0 Å². The summed E-state index contributed by atoms with van der Waals surface area (Å²) in [6.07, 6.45) is 13.6. The molecular weight excluding hydrogens is 200 g/mol. The van der Waals surface area contributed by atoms with Gasteiger partial charge in [0.05, 0.1) is 25.4 Å². The van der Waals surface area contributed by atoms with Crippen molar-refractivity contribution in [3.8, 4) is 0 Å². The Morgan fingerprint density at radius 2 is 1.19 bits per heavy atom. The molecule has 0 bridgehead atoms. The van der Waals surface area contributed by atoms with E-state index in [1.165, 1.54) is 0 Å². The summed E-state index contributed by atoms with van der Waals surface area (Å²) < 4.78 is 11.5. The van der Waals surface area contributed by atoms with Gasteiger partial charge < -0.3 is 9.47 Å².